The van der Waals surface area contributed by atoms with Gasteiger partial charge in [0.15, 0.2) is 15.8 Å². The van der Waals surface area contributed by atoms with E-state index in [1.54, 1.807) is 18.2 Å². The highest BCUT2D eigenvalue weighted by molar-refractivity contribution is 8.00. The number of ether oxygens (including phenoxy) is 2. The summed E-state index contributed by atoms with van der Waals surface area (Å²) in [5.74, 6) is 1.02. The maximum absolute atomic E-state index is 13.0. The SMILES string of the molecule is CCOc1ccccc1OC(=O)c1oc2ccccc2c1CSc1nnc(C)s1. The maximum Gasteiger partial charge on any atom is 0.380 e. The van der Waals surface area contributed by atoms with Crippen molar-refractivity contribution in [2.24, 2.45) is 0 Å². The van der Waals surface area contributed by atoms with Gasteiger partial charge in [0, 0.05) is 16.7 Å². The molecule has 0 aliphatic rings. The van der Waals surface area contributed by atoms with Crippen molar-refractivity contribution in [1.82, 2.24) is 10.2 Å². The van der Waals surface area contributed by atoms with Gasteiger partial charge < -0.3 is 13.9 Å². The second-order valence-electron chi connectivity index (χ2n) is 6.05. The molecule has 0 saturated heterocycles. The molecular weight excluding hydrogens is 408 g/mol. The Kier molecular flexibility index (Phi) is 5.82. The lowest BCUT2D eigenvalue weighted by Gasteiger charge is -2.09. The van der Waals surface area contributed by atoms with Crippen molar-refractivity contribution in [3.05, 3.63) is 64.9 Å². The second-order valence-corrected chi connectivity index (χ2v) is 8.45. The number of hydrogen-bond donors (Lipinski definition) is 0. The molecule has 0 aliphatic heterocycles. The monoisotopic (exact) mass is 426 g/mol. The maximum atomic E-state index is 13.0. The highest BCUT2D eigenvalue weighted by Crippen LogP contribution is 2.34. The molecule has 2 aromatic carbocycles. The van der Waals surface area contributed by atoms with E-state index in [4.69, 9.17) is 13.9 Å². The summed E-state index contributed by atoms with van der Waals surface area (Å²) in [6, 6.07) is 14.6. The molecule has 6 nitrogen and oxygen atoms in total. The van der Waals surface area contributed by atoms with Gasteiger partial charge in [-0.05, 0) is 32.0 Å². The summed E-state index contributed by atoms with van der Waals surface area (Å²) in [4.78, 5) is 13.0. The quantitative estimate of drug-likeness (QED) is 0.219. The number of carbonyl (C=O) groups is 1. The van der Waals surface area contributed by atoms with Crippen LogP contribution in [0, 0.1) is 6.92 Å². The van der Waals surface area contributed by atoms with Gasteiger partial charge in [0.05, 0.1) is 6.61 Å². The number of aromatic nitrogens is 2. The predicted octanol–water partition coefficient (Wildman–Crippen LogP) is 5.50. The molecule has 0 N–H and O–H groups in total. The van der Waals surface area contributed by atoms with Crippen LogP contribution in [0.4, 0.5) is 0 Å². The van der Waals surface area contributed by atoms with Crippen molar-refractivity contribution in [1.29, 1.82) is 0 Å². The fraction of sp³-hybridized carbons (Fsp3) is 0.190. The molecule has 0 unspecified atom stereocenters. The van der Waals surface area contributed by atoms with Gasteiger partial charge in [-0.15, -0.1) is 10.2 Å². The van der Waals surface area contributed by atoms with Crippen molar-refractivity contribution < 1.29 is 18.7 Å². The van der Waals surface area contributed by atoms with Crippen LogP contribution in [-0.4, -0.2) is 22.8 Å². The highest BCUT2D eigenvalue weighted by atomic mass is 32.2. The molecule has 0 fully saturated rings. The number of aryl methyl sites for hydroxylation is 1. The molecule has 0 bridgehead atoms. The van der Waals surface area contributed by atoms with Crippen molar-refractivity contribution in [2.45, 2.75) is 23.9 Å². The van der Waals surface area contributed by atoms with Crippen LogP contribution in [0.3, 0.4) is 0 Å². The number of rotatable bonds is 7. The minimum Gasteiger partial charge on any atom is -0.490 e. The van der Waals surface area contributed by atoms with Gasteiger partial charge in [0.2, 0.25) is 5.76 Å². The summed E-state index contributed by atoms with van der Waals surface area (Å²) < 4.78 is 17.9. The van der Waals surface area contributed by atoms with Gasteiger partial charge >= 0.3 is 5.97 Å². The lowest BCUT2D eigenvalue weighted by atomic mass is 10.1. The number of para-hydroxylation sites is 3. The van der Waals surface area contributed by atoms with Gasteiger partial charge in [0.25, 0.3) is 0 Å². The van der Waals surface area contributed by atoms with E-state index in [2.05, 4.69) is 10.2 Å². The Balaban J connectivity index is 1.65. The van der Waals surface area contributed by atoms with Crippen LogP contribution in [0.15, 0.2) is 57.3 Å². The van der Waals surface area contributed by atoms with E-state index in [1.165, 1.54) is 23.1 Å². The molecule has 0 aliphatic carbocycles. The van der Waals surface area contributed by atoms with Crippen molar-refractivity contribution in [3.63, 3.8) is 0 Å². The third-order valence-electron chi connectivity index (χ3n) is 4.08. The Labute approximate surface area is 175 Å². The van der Waals surface area contributed by atoms with Gasteiger partial charge in [0.1, 0.15) is 10.6 Å². The molecule has 0 radical (unpaired) electrons. The normalized spacial score (nSPS) is 11.0. The molecule has 2 aromatic heterocycles. The van der Waals surface area contributed by atoms with Gasteiger partial charge in [-0.2, -0.15) is 0 Å². The first-order valence-corrected chi connectivity index (χ1v) is 10.8. The van der Waals surface area contributed by atoms with Crippen molar-refractivity contribution in [3.8, 4) is 11.5 Å². The number of hydrogen-bond acceptors (Lipinski definition) is 8. The Morgan fingerprint density at radius 2 is 1.86 bits per heavy atom. The highest BCUT2D eigenvalue weighted by Gasteiger charge is 2.24. The Morgan fingerprint density at radius 3 is 2.62 bits per heavy atom. The van der Waals surface area contributed by atoms with Crippen LogP contribution in [0.1, 0.15) is 28.0 Å². The van der Waals surface area contributed by atoms with Gasteiger partial charge in [-0.3, -0.25) is 0 Å². The lowest BCUT2D eigenvalue weighted by Crippen LogP contribution is -2.10. The number of fused-ring (bicyclic) bond motifs is 1. The summed E-state index contributed by atoms with van der Waals surface area (Å²) in [7, 11) is 0. The molecule has 148 valence electrons. The van der Waals surface area contributed by atoms with Crippen LogP contribution < -0.4 is 9.47 Å². The lowest BCUT2D eigenvalue weighted by molar-refractivity contribution is 0.0696. The molecule has 8 heteroatoms. The summed E-state index contributed by atoms with van der Waals surface area (Å²) in [6.07, 6.45) is 0. The van der Waals surface area contributed by atoms with Crippen LogP contribution in [0.5, 0.6) is 11.5 Å². The molecule has 29 heavy (non-hydrogen) atoms. The van der Waals surface area contributed by atoms with E-state index in [1.807, 2.05) is 44.2 Å². The number of nitrogens with zero attached hydrogens (tertiary/aromatic N) is 2. The molecule has 0 saturated carbocycles. The van der Waals surface area contributed by atoms with Crippen LogP contribution in [-0.2, 0) is 5.75 Å². The Bertz CT molecular complexity index is 1150. The average molecular weight is 427 g/mol. The molecule has 2 heterocycles. The zero-order valence-corrected chi connectivity index (χ0v) is 17.5. The first kappa shape index (κ1) is 19.5. The standard InChI is InChI=1S/C21H18N2O4S2/c1-3-25-17-10-6-7-11-18(17)27-20(24)19-15(12-28-21-23-22-13(2)29-21)14-8-4-5-9-16(14)26-19/h4-11H,3,12H2,1-2H3. The summed E-state index contributed by atoms with van der Waals surface area (Å²) in [6.45, 7) is 4.26. The van der Waals surface area contributed by atoms with E-state index >= 15 is 0 Å². The summed E-state index contributed by atoms with van der Waals surface area (Å²) in [5.41, 5.74) is 1.42. The van der Waals surface area contributed by atoms with Crippen molar-refractivity contribution in [2.75, 3.05) is 6.61 Å². The fourth-order valence-corrected chi connectivity index (χ4v) is 4.68. The van der Waals surface area contributed by atoms with Crippen molar-refractivity contribution >= 4 is 40.0 Å². The number of carbonyl (C=O) groups excluding carboxylic acids is 1. The molecule has 0 spiro atoms. The zero-order valence-electron chi connectivity index (χ0n) is 15.9. The largest absolute Gasteiger partial charge is 0.490 e. The first-order chi connectivity index (χ1) is 14.2. The second kappa shape index (κ2) is 8.67. The number of thioether (sulfide) groups is 1. The molecule has 4 aromatic rings. The predicted molar refractivity (Wildman–Crippen MR) is 113 cm³/mol. The first-order valence-electron chi connectivity index (χ1n) is 9.03. The Hall–Kier alpha value is -2.84. The van der Waals surface area contributed by atoms with Crippen LogP contribution in [0.2, 0.25) is 0 Å². The molecular formula is C21H18N2O4S2. The molecule has 4 rings (SSSR count). The van der Waals surface area contributed by atoms with Gasteiger partial charge in [-0.1, -0.05) is 53.4 Å². The van der Waals surface area contributed by atoms with E-state index in [0.717, 1.165) is 20.3 Å². The molecule has 0 atom stereocenters. The van der Waals surface area contributed by atoms with Crippen LogP contribution in [0.25, 0.3) is 11.0 Å². The minimum atomic E-state index is -0.558. The van der Waals surface area contributed by atoms with Gasteiger partial charge in [-0.25, -0.2) is 4.79 Å². The number of esters is 1. The minimum absolute atomic E-state index is 0.186. The van der Waals surface area contributed by atoms with E-state index in [0.29, 0.717) is 29.4 Å². The Morgan fingerprint density at radius 1 is 1.10 bits per heavy atom. The smallest absolute Gasteiger partial charge is 0.380 e. The van der Waals surface area contributed by atoms with Crippen LogP contribution >= 0.6 is 23.1 Å². The zero-order chi connectivity index (χ0) is 20.2. The number of furan rings is 1. The van der Waals surface area contributed by atoms with E-state index in [9.17, 15) is 4.79 Å². The fourth-order valence-electron chi connectivity index (χ4n) is 2.83. The average Bonchev–Trinajstić information content (AvgIpc) is 3.31. The summed E-state index contributed by atoms with van der Waals surface area (Å²) >= 11 is 3.03. The topological polar surface area (TPSA) is 74.5 Å². The summed E-state index contributed by atoms with van der Waals surface area (Å²) in [5, 5.41) is 9.96. The molecule has 0 amide bonds. The third-order valence-corrected chi connectivity index (χ3v) is 6.08. The third kappa shape index (κ3) is 4.28. The number of benzene rings is 2. The van der Waals surface area contributed by atoms with E-state index < -0.39 is 5.97 Å². The van der Waals surface area contributed by atoms with E-state index in [-0.39, 0.29) is 5.76 Å².